The molecule has 3 N–H and O–H groups in total. The lowest BCUT2D eigenvalue weighted by Gasteiger charge is -2.19. The number of amides is 1. The highest BCUT2D eigenvalue weighted by Gasteiger charge is 2.19. The summed E-state index contributed by atoms with van der Waals surface area (Å²) in [5, 5.41) is 2.99. The summed E-state index contributed by atoms with van der Waals surface area (Å²) in [6.07, 6.45) is 5.28. The van der Waals surface area contributed by atoms with Crippen LogP contribution in [0.4, 0.5) is 5.69 Å². The van der Waals surface area contributed by atoms with Crippen LogP contribution in [-0.4, -0.2) is 11.4 Å². The van der Waals surface area contributed by atoms with Gasteiger partial charge in [-0.05, 0) is 32.0 Å². The molecule has 0 saturated heterocycles. The van der Waals surface area contributed by atoms with Gasteiger partial charge in [0.1, 0.15) is 0 Å². The Morgan fingerprint density at radius 1 is 1.56 bits per heavy atom. The second kappa shape index (κ2) is 4.46. The molecule has 0 spiro atoms. The van der Waals surface area contributed by atoms with E-state index in [4.69, 9.17) is 23.8 Å². The quantitative estimate of drug-likeness (QED) is 0.610. The summed E-state index contributed by atoms with van der Waals surface area (Å²) in [6.45, 7) is 3.46. The van der Waals surface area contributed by atoms with Crippen molar-refractivity contribution in [2.24, 2.45) is 0 Å². The molecule has 0 fully saturated rings. The van der Waals surface area contributed by atoms with Gasteiger partial charge in [-0.25, -0.2) is 0 Å². The third kappa shape index (κ3) is 2.91. The monoisotopic (exact) mass is 236 g/mol. The summed E-state index contributed by atoms with van der Waals surface area (Å²) in [4.78, 5) is 11.8. The van der Waals surface area contributed by atoms with E-state index in [2.05, 4.69) is 11.2 Å². The number of rotatable bonds is 2. The topological polar surface area (TPSA) is 55.1 Å². The lowest BCUT2D eigenvalue weighted by molar-refractivity contribution is 0.0930. The molecule has 0 aliphatic heterocycles. The molecule has 0 aromatic heterocycles. The van der Waals surface area contributed by atoms with Gasteiger partial charge in [-0.3, -0.25) is 4.79 Å². The van der Waals surface area contributed by atoms with Gasteiger partial charge in [0.05, 0.1) is 16.1 Å². The minimum atomic E-state index is -0.707. The summed E-state index contributed by atoms with van der Waals surface area (Å²) in [6, 6.07) is 4.71. The van der Waals surface area contributed by atoms with E-state index in [-0.39, 0.29) is 5.91 Å². The molecule has 1 rings (SSSR count). The van der Waals surface area contributed by atoms with Crippen LogP contribution in [0.15, 0.2) is 18.2 Å². The average Bonchev–Trinajstić information content (AvgIpc) is 2.16. The molecule has 1 aromatic carbocycles. The van der Waals surface area contributed by atoms with Crippen molar-refractivity contribution in [2.45, 2.75) is 19.4 Å². The number of nitrogen functional groups attached to an aromatic ring is 1. The first-order chi connectivity index (χ1) is 7.35. The molecule has 0 atom stereocenters. The average molecular weight is 237 g/mol. The summed E-state index contributed by atoms with van der Waals surface area (Å²) in [5.41, 5.74) is 5.70. The van der Waals surface area contributed by atoms with Crippen molar-refractivity contribution in [2.75, 3.05) is 5.73 Å². The fourth-order valence-electron chi connectivity index (χ4n) is 1.10. The maximum atomic E-state index is 11.8. The highest BCUT2D eigenvalue weighted by Crippen LogP contribution is 2.19. The molecular weight excluding hydrogens is 224 g/mol. The Hall–Kier alpha value is -1.66. The predicted molar refractivity (Wildman–Crippen MR) is 66.2 cm³/mol. The van der Waals surface area contributed by atoms with E-state index in [1.807, 2.05) is 0 Å². The number of nitrogens with two attached hydrogens (primary N) is 1. The molecular formula is C12H13ClN2O. The molecule has 3 nitrogen and oxygen atoms in total. The fourth-order valence-corrected chi connectivity index (χ4v) is 1.38. The number of anilines is 1. The maximum Gasteiger partial charge on any atom is 0.253 e. The van der Waals surface area contributed by atoms with Crippen LogP contribution in [0, 0.1) is 12.3 Å². The van der Waals surface area contributed by atoms with Gasteiger partial charge >= 0.3 is 0 Å². The molecule has 0 saturated carbocycles. The first-order valence-electron chi connectivity index (χ1n) is 4.71. The number of carbonyl (C=O) groups is 1. The summed E-state index contributed by atoms with van der Waals surface area (Å²) < 4.78 is 0. The molecule has 0 aliphatic carbocycles. The number of carbonyl (C=O) groups excluding carboxylic acids is 1. The smallest absolute Gasteiger partial charge is 0.253 e. The molecule has 16 heavy (non-hydrogen) atoms. The van der Waals surface area contributed by atoms with Gasteiger partial charge < -0.3 is 11.1 Å². The summed E-state index contributed by atoms with van der Waals surface area (Å²) >= 11 is 5.90. The molecule has 0 radical (unpaired) electrons. The van der Waals surface area contributed by atoms with Gasteiger partial charge in [-0.15, -0.1) is 6.42 Å². The first kappa shape index (κ1) is 12.4. The highest BCUT2D eigenvalue weighted by atomic mass is 35.5. The predicted octanol–water partition coefficient (Wildman–Crippen LogP) is 2.06. The van der Waals surface area contributed by atoms with Crippen molar-refractivity contribution in [3.8, 4) is 12.3 Å². The molecule has 0 aliphatic rings. The van der Waals surface area contributed by atoms with Crippen molar-refractivity contribution >= 4 is 23.2 Å². The molecule has 4 heteroatoms. The fraction of sp³-hybridized carbons (Fsp3) is 0.250. The van der Waals surface area contributed by atoms with E-state index in [9.17, 15) is 4.79 Å². The van der Waals surface area contributed by atoms with Crippen LogP contribution in [-0.2, 0) is 0 Å². The highest BCUT2D eigenvalue weighted by molar-refractivity contribution is 6.34. The van der Waals surface area contributed by atoms with Gasteiger partial charge in [0.2, 0.25) is 0 Å². The summed E-state index contributed by atoms with van der Waals surface area (Å²) in [7, 11) is 0. The Labute approximate surface area is 100.0 Å². The minimum Gasteiger partial charge on any atom is -0.399 e. The minimum absolute atomic E-state index is 0.310. The van der Waals surface area contributed by atoms with Crippen molar-refractivity contribution in [1.82, 2.24) is 5.32 Å². The standard InChI is InChI=1S/C12H13ClN2O/c1-4-12(2,3)15-11(16)9-6-5-8(14)7-10(9)13/h1,5-7H,14H2,2-3H3,(H,15,16). The zero-order valence-corrected chi connectivity index (χ0v) is 9.93. The SMILES string of the molecule is C#CC(C)(C)NC(=O)c1ccc(N)cc1Cl. The van der Waals surface area contributed by atoms with Crippen LogP contribution in [0.1, 0.15) is 24.2 Å². The van der Waals surface area contributed by atoms with Crippen LogP contribution in [0.25, 0.3) is 0 Å². The lowest BCUT2D eigenvalue weighted by Crippen LogP contribution is -2.42. The van der Waals surface area contributed by atoms with Crippen LogP contribution in [0.3, 0.4) is 0 Å². The van der Waals surface area contributed by atoms with Gasteiger partial charge in [0.25, 0.3) is 5.91 Å². The van der Waals surface area contributed by atoms with Gasteiger partial charge in [-0.2, -0.15) is 0 Å². The van der Waals surface area contributed by atoms with Crippen LogP contribution < -0.4 is 11.1 Å². The number of hydrogen-bond acceptors (Lipinski definition) is 2. The number of terminal acetylenes is 1. The zero-order chi connectivity index (χ0) is 12.3. The van der Waals surface area contributed by atoms with Crippen LogP contribution >= 0.6 is 11.6 Å². The molecule has 0 heterocycles. The van der Waals surface area contributed by atoms with E-state index in [0.29, 0.717) is 16.3 Å². The molecule has 84 valence electrons. The van der Waals surface area contributed by atoms with Crippen LogP contribution in [0.2, 0.25) is 5.02 Å². The Morgan fingerprint density at radius 2 is 2.19 bits per heavy atom. The second-order valence-electron chi connectivity index (χ2n) is 3.96. The van der Waals surface area contributed by atoms with E-state index in [1.165, 1.54) is 6.07 Å². The Kier molecular flexibility index (Phi) is 3.46. The van der Waals surface area contributed by atoms with Crippen LogP contribution in [0.5, 0.6) is 0 Å². The van der Waals surface area contributed by atoms with Crippen molar-refractivity contribution in [3.05, 3.63) is 28.8 Å². The van der Waals surface area contributed by atoms with E-state index < -0.39 is 5.54 Å². The van der Waals surface area contributed by atoms with Crippen molar-refractivity contribution in [3.63, 3.8) is 0 Å². The largest absolute Gasteiger partial charge is 0.399 e. The number of nitrogens with one attached hydrogen (secondary N) is 1. The second-order valence-corrected chi connectivity index (χ2v) is 4.37. The number of hydrogen-bond donors (Lipinski definition) is 2. The van der Waals surface area contributed by atoms with Gasteiger partial charge in [0.15, 0.2) is 0 Å². The maximum absolute atomic E-state index is 11.8. The first-order valence-corrected chi connectivity index (χ1v) is 5.09. The zero-order valence-electron chi connectivity index (χ0n) is 9.17. The Bertz CT molecular complexity index is 461. The lowest BCUT2D eigenvalue weighted by atomic mass is 10.1. The molecule has 1 amide bonds. The number of benzene rings is 1. The van der Waals surface area contributed by atoms with E-state index >= 15 is 0 Å². The van der Waals surface area contributed by atoms with E-state index in [1.54, 1.807) is 26.0 Å². The Balaban J connectivity index is 2.95. The summed E-state index contributed by atoms with van der Waals surface area (Å²) in [5.74, 6) is 2.16. The van der Waals surface area contributed by atoms with E-state index in [0.717, 1.165) is 0 Å². The van der Waals surface area contributed by atoms with Crippen molar-refractivity contribution in [1.29, 1.82) is 0 Å². The molecule has 1 aromatic rings. The third-order valence-electron chi connectivity index (χ3n) is 2.02. The van der Waals surface area contributed by atoms with Gasteiger partial charge in [0, 0.05) is 5.69 Å². The van der Waals surface area contributed by atoms with Gasteiger partial charge in [-0.1, -0.05) is 17.5 Å². The Morgan fingerprint density at radius 3 is 2.69 bits per heavy atom. The molecule has 0 bridgehead atoms. The molecule has 0 unspecified atom stereocenters. The normalized spacial score (nSPS) is 10.6. The third-order valence-corrected chi connectivity index (χ3v) is 2.34. The number of halogens is 1. The van der Waals surface area contributed by atoms with Crippen molar-refractivity contribution < 1.29 is 4.79 Å².